The fraction of sp³-hybridized carbons (Fsp3) is 1.00. The van der Waals surface area contributed by atoms with Gasteiger partial charge in [0.2, 0.25) is 0 Å². The molecule has 0 radical (unpaired) electrons. The average Bonchev–Trinajstić information content (AvgIpc) is 2.20. The first-order valence-corrected chi connectivity index (χ1v) is 5.45. The van der Waals surface area contributed by atoms with Gasteiger partial charge in [0.25, 0.3) is 0 Å². The molecule has 2 N–H and O–H groups in total. The van der Waals surface area contributed by atoms with Crippen LogP contribution in [-0.4, -0.2) is 38.1 Å². The van der Waals surface area contributed by atoms with Gasteiger partial charge in [-0.1, -0.05) is 13.8 Å². The van der Waals surface area contributed by atoms with E-state index in [4.69, 9.17) is 15.2 Å². The van der Waals surface area contributed by atoms with Crippen molar-refractivity contribution in [1.29, 1.82) is 0 Å². The van der Waals surface area contributed by atoms with Crippen LogP contribution in [0.5, 0.6) is 0 Å². The predicted molar refractivity (Wildman–Crippen MR) is 55.2 cm³/mol. The van der Waals surface area contributed by atoms with Crippen LogP contribution in [0.15, 0.2) is 0 Å². The highest BCUT2D eigenvalue weighted by atomic mass is 19.4. The van der Waals surface area contributed by atoms with E-state index in [0.717, 1.165) is 6.42 Å². The topological polar surface area (TPSA) is 44.5 Å². The second kappa shape index (κ2) is 7.86. The Labute approximate surface area is 94.1 Å². The van der Waals surface area contributed by atoms with Crippen molar-refractivity contribution in [2.45, 2.75) is 45.0 Å². The molecule has 0 fully saturated rings. The zero-order valence-electron chi connectivity index (χ0n) is 9.72. The van der Waals surface area contributed by atoms with Gasteiger partial charge in [0, 0.05) is 12.6 Å². The molecule has 3 nitrogen and oxygen atoms in total. The number of rotatable bonds is 8. The molecule has 0 saturated carbocycles. The Morgan fingerprint density at radius 1 is 1.12 bits per heavy atom. The summed E-state index contributed by atoms with van der Waals surface area (Å²) in [6.45, 7) is 4.13. The Morgan fingerprint density at radius 3 is 2.19 bits per heavy atom. The van der Waals surface area contributed by atoms with Crippen LogP contribution in [0.4, 0.5) is 13.2 Å². The molecule has 0 aliphatic heterocycles. The summed E-state index contributed by atoms with van der Waals surface area (Å²) in [7, 11) is 0. The van der Waals surface area contributed by atoms with E-state index in [0.29, 0.717) is 6.61 Å². The molecule has 0 rings (SSSR count). The number of hydrogen-bond acceptors (Lipinski definition) is 3. The quantitative estimate of drug-likeness (QED) is 0.664. The van der Waals surface area contributed by atoms with Gasteiger partial charge in [0.1, 0.15) is 0 Å². The van der Waals surface area contributed by atoms with E-state index in [2.05, 4.69) is 0 Å². The first-order chi connectivity index (χ1) is 7.43. The van der Waals surface area contributed by atoms with E-state index >= 15 is 0 Å². The zero-order chi connectivity index (χ0) is 12.6. The molecule has 98 valence electrons. The van der Waals surface area contributed by atoms with Crippen LogP contribution in [0.25, 0.3) is 0 Å². The van der Waals surface area contributed by atoms with Crippen LogP contribution in [-0.2, 0) is 9.47 Å². The molecule has 0 bridgehead atoms. The monoisotopic (exact) mass is 243 g/mol. The van der Waals surface area contributed by atoms with Crippen molar-refractivity contribution < 1.29 is 22.6 Å². The smallest absolute Gasteiger partial charge is 0.379 e. The largest absolute Gasteiger partial charge is 0.416 e. The van der Waals surface area contributed by atoms with Crippen molar-refractivity contribution in [1.82, 2.24) is 0 Å². The third-order valence-corrected chi connectivity index (χ3v) is 2.06. The maximum Gasteiger partial charge on any atom is 0.416 e. The number of halogens is 3. The van der Waals surface area contributed by atoms with Crippen molar-refractivity contribution in [3.8, 4) is 0 Å². The summed E-state index contributed by atoms with van der Waals surface area (Å²) in [5.74, 6) is 0. The minimum absolute atomic E-state index is 0.0854. The number of ether oxygens (including phenoxy) is 2. The molecule has 0 aliphatic rings. The molecule has 0 aromatic rings. The van der Waals surface area contributed by atoms with Crippen LogP contribution < -0.4 is 5.73 Å². The minimum atomic E-state index is -4.42. The first-order valence-electron chi connectivity index (χ1n) is 5.45. The lowest BCUT2D eigenvalue weighted by Crippen LogP contribution is -2.47. The lowest BCUT2D eigenvalue weighted by molar-refractivity contribution is -0.228. The van der Waals surface area contributed by atoms with Gasteiger partial charge in [-0.2, -0.15) is 13.2 Å². The SMILES string of the molecule is CCCOCCOC(C(N)CC)C(F)(F)F. The summed E-state index contributed by atoms with van der Waals surface area (Å²) in [5.41, 5.74) is 5.36. The van der Waals surface area contributed by atoms with E-state index < -0.39 is 18.3 Å². The molecule has 0 amide bonds. The number of hydrogen-bond donors (Lipinski definition) is 1. The Bertz CT molecular complexity index is 176. The van der Waals surface area contributed by atoms with Crippen LogP contribution >= 0.6 is 0 Å². The van der Waals surface area contributed by atoms with Crippen molar-refractivity contribution in [2.75, 3.05) is 19.8 Å². The molecular weight excluding hydrogens is 223 g/mol. The standard InChI is InChI=1S/C10H20F3NO2/c1-3-5-15-6-7-16-9(8(14)4-2)10(11,12)13/h8-9H,3-7,14H2,1-2H3. The minimum Gasteiger partial charge on any atom is -0.379 e. The van der Waals surface area contributed by atoms with Crippen molar-refractivity contribution in [3.05, 3.63) is 0 Å². The van der Waals surface area contributed by atoms with E-state index in [1.54, 1.807) is 6.92 Å². The third-order valence-electron chi connectivity index (χ3n) is 2.06. The third kappa shape index (κ3) is 6.30. The summed E-state index contributed by atoms with van der Waals surface area (Å²) >= 11 is 0. The average molecular weight is 243 g/mol. The summed E-state index contributed by atoms with van der Waals surface area (Å²) < 4.78 is 47.2. The zero-order valence-corrected chi connectivity index (χ0v) is 9.72. The number of alkyl halides is 3. The number of nitrogens with two attached hydrogens (primary N) is 1. The van der Waals surface area contributed by atoms with E-state index in [9.17, 15) is 13.2 Å². The lowest BCUT2D eigenvalue weighted by atomic mass is 10.1. The second-order valence-electron chi connectivity index (χ2n) is 3.52. The van der Waals surface area contributed by atoms with E-state index in [1.165, 1.54) is 0 Å². The fourth-order valence-corrected chi connectivity index (χ4v) is 1.16. The van der Waals surface area contributed by atoms with Crippen LogP contribution in [0.3, 0.4) is 0 Å². The van der Waals surface area contributed by atoms with Gasteiger partial charge >= 0.3 is 6.18 Å². The van der Waals surface area contributed by atoms with Gasteiger partial charge in [-0.15, -0.1) is 0 Å². The molecule has 0 heterocycles. The molecule has 0 spiro atoms. The van der Waals surface area contributed by atoms with E-state index in [-0.39, 0.29) is 19.6 Å². The molecule has 0 aliphatic carbocycles. The highest BCUT2D eigenvalue weighted by Crippen LogP contribution is 2.25. The van der Waals surface area contributed by atoms with Crippen molar-refractivity contribution in [2.24, 2.45) is 5.73 Å². The Kier molecular flexibility index (Phi) is 7.70. The fourth-order valence-electron chi connectivity index (χ4n) is 1.16. The van der Waals surface area contributed by atoms with Crippen molar-refractivity contribution in [3.63, 3.8) is 0 Å². The Morgan fingerprint density at radius 2 is 1.75 bits per heavy atom. The predicted octanol–water partition coefficient (Wildman–Crippen LogP) is 2.10. The summed E-state index contributed by atoms with van der Waals surface area (Å²) in [6.07, 6.45) is -5.26. The molecule has 2 atom stereocenters. The molecular formula is C10H20F3NO2. The molecule has 0 saturated heterocycles. The Hall–Kier alpha value is -0.330. The molecule has 0 aromatic heterocycles. The first kappa shape index (κ1) is 15.7. The van der Waals surface area contributed by atoms with Crippen LogP contribution in [0.1, 0.15) is 26.7 Å². The summed E-state index contributed by atoms with van der Waals surface area (Å²) in [6, 6.07) is -1.02. The van der Waals surface area contributed by atoms with Crippen LogP contribution in [0, 0.1) is 0 Å². The highest BCUT2D eigenvalue weighted by Gasteiger charge is 2.43. The second-order valence-corrected chi connectivity index (χ2v) is 3.52. The molecule has 0 aromatic carbocycles. The van der Waals surface area contributed by atoms with Gasteiger partial charge in [0.15, 0.2) is 6.10 Å². The maximum absolute atomic E-state index is 12.5. The molecule has 16 heavy (non-hydrogen) atoms. The highest BCUT2D eigenvalue weighted by molar-refractivity contribution is 4.79. The van der Waals surface area contributed by atoms with Crippen LogP contribution in [0.2, 0.25) is 0 Å². The van der Waals surface area contributed by atoms with Gasteiger partial charge in [-0.05, 0) is 12.8 Å². The summed E-state index contributed by atoms with van der Waals surface area (Å²) in [5, 5.41) is 0. The van der Waals surface area contributed by atoms with Gasteiger partial charge in [0.05, 0.1) is 13.2 Å². The van der Waals surface area contributed by atoms with E-state index in [1.807, 2.05) is 6.92 Å². The van der Waals surface area contributed by atoms with Gasteiger partial charge in [-0.25, -0.2) is 0 Å². The Balaban J connectivity index is 3.94. The maximum atomic E-state index is 12.5. The van der Waals surface area contributed by atoms with Gasteiger partial charge < -0.3 is 15.2 Å². The lowest BCUT2D eigenvalue weighted by Gasteiger charge is -2.25. The molecule has 2 unspecified atom stereocenters. The normalized spacial score (nSPS) is 16.1. The van der Waals surface area contributed by atoms with Crippen molar-refractivity contribution >= 4 is 0 Å². The summed E-state index contributed by atoms with van der Waals surface area (Å²) in [4.78, 5) is 0. The van der Waals surface area contributed by atoms with Gasteiger partial charge in [-0.3, -0.25) is 0 Å². The molecule has 6 heteroatoms.